The molecule has 0 bridgehead atoms. The Morgan fingerprint density at radius 3 is 2.73 bits per heavy atom. The van der Waals surface area contributed by atoms with E-state index < -0.39 is 0 Å². The Morgan fingerprint density at radius 2 is 2.27 bits per heavy atom. The Morgan fingerprint density at radius 1 is 1.53 bits per heavy atom. The normalized spacial score (nSPS) is 9.73. The molecule has 1 heterocycles. The van der Waals surface area contributed by atoms with E-state index in [4.69, 9.17) is 4.42 Å². The third-order valence-corrected chi connectivity index (χ3v) is 2.01. The highest BCUT2D eigenvalue weighted by Crippen LogP contribution is 2.05. The zero-order valence-electron chi connectivity index (χ0n) is 8.82. The Bertz CT molecular complexity index is 332. The number of hydrogen-bond donors (Lipinski definition) is 1. The van der Waals surface area contributed by atoms with E-state index in [1.807, 2.05) is 6.92 Å². The number of nitrogens with zero attached hydrogens (tertiary/aromatic N) is 1. The number of rotatable bonds is 4. The van der Waals surface area contributed by atoms with E-state index in [9.17, 15) is 9.59 Å². The molecular weight excluding hydrogens is 196 g/mol. The number of amides is 2. The first kappa shape index (κ1) is 11.3. The van der Waals surface area contributed by atoms with Crippen LogP contribution in [0.25, 0.3) is 0 Å². The minimum Gasteiger partial charge on any atom is -0.459 e. The van der Waals surface area contributed by atoms with Crippen LogP contribution in [-0.2, 0) is 4.79 Å². The van der Waals surface area contributed by atoms with Crippen molar-refractivity contribution in [3.05, 3.63) is 24.2 Å². The molecule has 15 heavy (non-hydrogen) atoms. The molecule has 0 spiro atoms. The van der Waals surface area contributed by atoms with Crippen LogP contribution in [0.15, 0.2) is 22.8 Å². The summed E-state index contributed by atoms with van der Waals surface area (Å²) in [6.07, 6.45) is 1.43. The number of furan rings is 1. The van der Waals surface area contributed by atoms with Gasteiger partial charge in [0, 0.05) is 13.6 Å². The monoisotopic (exact) mass is 210 g/mol. The molecule has 0 aliphatic heterocycles. The zero-order chi connectivity index (χ0) is 11.3. The molecule has 82 valence electrons. The fraction of sp³-hybridized carbons (Fsp3) is 0.400. The van der Waals surface area contributed by atoms with Crippen LogP contribution < -0.4 is 5.32 Å². The van der Waals surface area contributed by atoms with Crippen LogP contribution in [-0.4, -0.2) is 36.9 Å². The molecule has 1 aromatic rings. The summed E-state index contributed by atoms with van der Waals surface area (Å²) in [4.78, 5) is 24.3. The van der Waals surface area contributed by atoms with Crippen molar-refractivity contribution in [3.8, 4) is 0 Å². The summed E-state index contributed by atoms with van der Waals surface area (Å²) in [5.41, 5.74) is 0. The summed E-state index contributed by atoms with van der Waals surface area (Å²) in [6, 6.07) is 3.22. The number of nitrogens with one attached hydrogen (secondary N) is 1. The quantitative estimate of drug-likeness (QED) is 0.786. The third-order valence-electron chi connectivity index (χ3n) is 2.01. The zero-order valence-corrected chi connectivity index (χ0v) is 8.82. The standard InChI is InChI=1S/C10H14N2O3/c1-3-12(7-9(13)11-2)10(14)8-5-4-6-15-8/h4-6H,3,7H2,1-2H3,(H,11,13). The molecule has 0 fully saturated rings. The van der Waals surface area contributed by atoms with Crippen molar-refractivity contribution in [2.24, 2.45) is 0 Å². The highest BCUT2D eigenvalue weighted by molar-refractivity contribution is 5.94. The first-order valence-corrected chi connectivity index (χ1v) is 4.72. The summed E-state index contributed by atoms with van der Waals surface area (Å²) in [7, 11) is 1.54. The maximum absolute atomic E-state index is 11.7. The van der Waals surface area contributed by atoms with Crippen LogP contribution in [0.4, 0.5) is 0 Å². The van der Waals surface area contributed by atoms with Crippen LogP contribution in [0.5, 0.6) is 0 Å². The third kappa shape index (κ3) is 2.83. The minimum absolute atomic E-state index is 0.0481. The van der Waals surface area contributed by atoms with Gasteiger partial charge in [-0.1, -0.05) is 0 Å². The first-order valence-electron chi connectivity index (χ1n) is 4.72. The van der Waals surface area contributed by atoms with Crippen molar-refractivity contribution < 1.29 is 14.0 Å². The van der Waals surface area contributed by atoms with Gasteiger partial charge in [0.05, 0.1) is 12.8 Å². The van der Waals surface area contributed by atoms with E-state index in [-0.39, 0.29) is 24.1 Å². The molecule has 1 aromatic heterocycles. The second-order valence-electron chi connectivity index (χ2n) is 2.97. The van der Waals surface area contributed by atoms with Gasteiger partial charge in [-0.15, -0.1) is 0 Å². The highest BCUT2D eigenvalue weighted by Gasteiger charge is 2.18. The smallest absolute Gasteiger partial charge is 0.290 e. The molecule has 0 aliphatic rings. The molecule has 1 N–H and O–H groups in total. The predicted molar refractivity (Wildman–Crippen MR) is 54.4 cm³/mol. The molecular formula is C10H14N2O3. The fourth-order valence-corrected chi connectivity index (χ4v) is 1.14. The van der Waals surface area contributed by atoms with Crippen molar-refractivity contribution >= 4 is 11.8 Å². The number of hydrogen-bond acceptors (Lipinski definition) is 3. The van der Waals surface area contributed by atoms with Gasteiger partial charge in [0.2, 0.25) is 5.91 Å². The van der Waals surface area contributed by atoms with Crippen molar-refractivity contribution in [1.82, 2.24) is 10.2 Å². The van der Waals surface area contributed by atoms with Crippen LogP contribution in [0, 0.1) is 0 Å². The summed E-state index contributed by atoms with van der Waals surface area (Å²) in [6.45, 7) is 2.32. The summed E-state index contributed by atoms with van der Waals surface area (Å²) in [5, 5.41) is 2.47. The molecule has 0 atom stereocenters. The van der Waals surface area contributed by atoms with Gasteiger partial charge in [-0.3, -0.25) is 9.59 Å². The Kier molecular flexibility index (Phi) is 3.91. The fourth-order valence-electron chi connectivity index (χ4n) is 1.14. The van der Waals surface area contributed by atoms with Gasteiger partial charge in [0.25, 0.3) is 5.91 Å². The topological polar surface area (TPSA) is 62.6 Å². The van der Waals surface area contributed by atoms with E-state index >= 15 is 0 Å². The van der Waals surface area contributed by atoms with Crippen LogP contribution in [0.1, 0.15) is 17.5 Å². The van der Waals surface area contributed by atoms with Crippen LogP contribution >= 0.6 is 0 Å². The average molecular weight is 210 g/mol. The van der Waals surface area contributed by atoms with E-state index in [2.05, 4.69) is 5.32 Å². The van der Waals surface area contributed by atoms with Gasteiger partial charge in [0.1, 0.15) is 0 Å². The lowest BCUT2D eigenvalue weighted by atomic mass is 10.3. The number of carbonyl (C=O) groups excluding carboxylic acids is 2. The van der Waals surface area contributed by atoms with Gasteiger partial charge in [-0.2, -0.15) is 0 Å². The minimum atomic E-state index is -0.272. The highest BCUT2D eigenvalue weighted by atomic mass is 16.3. The average Bonchev–Trinajstić information content (AvgIpc) is 2.77. The molecule has 0 saturated heterocycles. The second kappa shape index (κ2) is 5.19. The Labute approximate surface area is 88.0 Å². The molecule has 0 saturated carbocycles. The van der Waals surface area contributed by atoms with Crippen LogP contribution in [0.2, 0.25) is 0 Å². The van der Waals surface area contributed by atoms with E-state index in [1.54, 1.807) is 12.1 Å². The first-order chi connectivity index (χ1) is 7.19. The lowest BCUT2D eigenvalue weighted by molar-refractivity contribution is -0.121. The van der Waals surface area contributed by atoms with Gasteiger partial charge in [0.15, 0.2) is 5.76 Å². The van der Waals surface area contributed by atoms with Gasteiger partial charge in [-0.25, -0.2) is 0 Å². The molecule has 5 heteroatoms. The lowest BCUT2D eigenvalue weighted by Gasteiger charge is -2.18. The Balaban J connectivity index is 2.67. The van der Waals surface area contributed by atoms with Gasteiger partial charge >= 0.3 is 0 Å². The van der Waals surface area contributed by atoms with Gasteiger partial charge in [-0.05, 0) is 19.1 Å². The number of carbonyl (C=O) groups is 2. The van der Waals surface area contributed by atoms with E-state index in [0.29, 0.717) is 6.54 Å². The molecule has 5 nitrogen and oxygen atoms in total. The van der Waals surface area contributed by atoms with Crippen molar-refractivity contribution in [2.75, 3.05) is 20.1 Å². The predicted octanol–water partition coefficient (Wildman–Crippen LogP) is 0.488. The van der Waals surface area contributed by atoms with E-state index in [1.165, 1.54) is 18.2 Å². The van der Waals surface area contributed by atoms with E-state index in [0.717, 1.165) is 0 Å². The van der Waals surface area contributed by atoms with Crippen molar-refractivity contribution in [1.29, 1.82) is 0 Å². The number of likely N-dealkylation sites (N-methyl/N-ethyl adjacent to an activating group) is 2. The maximum Gasteiger partial charge on any atom is 0.290 e. The molecule has 0 radical (unpaired) electrons. The van der Waals surface area contributed by atoms with Gasteiger partial charge < -0.3 is 14.6 Å². The molecule has 0 aliphatic carbocycles. The molecule has 1 rings (SSSR count). The Hall–Kier alpha value is -1.78. The summed E-state index contributed by atoms with van der Waals surface area (Å²) >= 11 is 0. The second-order valence-corrected chi connectivity index (χ2v) is 2.97. The molecule has 2 amide bonds. The molecule has 0 unspecified atom stereocenters. The largest absolute Gasteiger partial charge is 0.459 e. The van der Waals surface area contributed by atoms with Crippen LogP contribution in [0.3, 0.4) is 0 Å². The van der Waals surface area contributed by atoms with Crippen molar-refractivity contribution in [3.63, 3.8) is 0 Å². The molecule has 0 aromatic carbocycles. The SMILES string of the molecule is CCN(CC(=O)NC)C(=O)c1ccco1. The lowest BCUT2D eigenvalue weighted by Crippen LogP contribution is -2.39. The van der Waals surface area contributed by atoms with Crippen molar-refractivity contribution in [2.45, 2.75) is 6.92 Å². The maximum atomic E-state index is 11.7. The summed E-state index contributed by atoms with van der Waals surface area (Å²) in [5.74, 6) is -0.219. The summed E-state index contributed by atoms with van der Waals surface area (Å²) < 4.78 is 4.97.